The summed E-state index contributed by atoms with van der Waals surface area (Å²) in [6.45, 7) is 6.67. The second-order valence-corrected chi connectivity index (χ2v) is 7.97. The maximum Gasteiger partial charge on any atom is 0.410 e. The topological polar surface area (TPSA) is 96.3 Å². The molecule has 1 aromatic carbocycles. The van der Waals surface area contributed by atoms with Gasteiger partial charge in [0.15, 0.2) is 0 Å². The Morgan fingerprint density at radius 3 is 2.46 bits per heavy atom. The monoisotopic (exact) mass is 363 g/mol. The number of piperidine rings is 1. The van der Waals surface area contributed by atoms with Crippen LogP contribution in [0.5, 0.6) is 5.75 Å². The van der Waals surface area contributed by atoms with Crippen LogP contribution in [-0.2, 0) is 16.8 Å². The van der Waals surface area contributed by atoms with Crippen molar-refractivity contribution in [3.63, 3.8) is 0 Å². The van der Waals surface area contributed by atoms with Crippen LogP contribution in [0.3, 0.4) is 0 Å². The van der Waals surface area contributed by atoms with E-state index in [1.165, 1.54) is 6.07 Å². The molecule has 0 radical (unpaired) electrons. The van der Waals surface area contributed by atoms with E-state index >= 15 is 0 Å². The first-order valence-corrected chi connectivity index (χ1v) is 8.78. The number of aromatic carboxylic acids is 1. The predicted molar refractivity (Wildman–Crippen MR) is 93.5 cm³/mol. The lowest BCUT2D eigenvalue weighted by Gasteiger charge is -2.39. The fourth-order valence-corrected chi connectivity index (χ4v) is 3.71. The molecule has 2 heterocycles. The number of hydrogen-bond donors (Lipinski definition) is 2. The first kappa shape index (κ1) is 18.5. The highest BCUT2D eigenvalue weighted by Crippen LogP contribution is 2.47. The molecule has 1 fully saturated rings. The molecule has 1 saturated heterocycles. The van der Waals surface area contributed by atoms with E-state index in [1.54, 1.807) is 11.0 Å². The molecule has 0 atom stereocenters. The van der Waals surface area contributed by atoms with Crippen molar-refractivity contribution in [3.8, 4) is 5.75 Å². The van der Waals surface area contributed by atoms with Gasteiger partial charge < -0.3 is 24.6 Å². The summed E-state index contributed by atoms with van der Waals surface area (Å²) < 4.78 is 11.3. The molecule has 2 aliphatic heterocycles. The van der Waals surface area contributed by atoms with Gasteiger partial charge in [0.1, 0.15) is 11.4 Å². The lowest BCUT2D eigenvalue weighted by Crippen LogP contribution is -2.47. The molecule has 1 aromatic rings. The Morgan fingerprint density at radius 2 is 1.92 bits per heavy atom. The molecule has 1 amide bonds. The van der Waals surface area contributed by atoms with Crippen LogP contribution in [0.15, 0.2) is 12.1 Å². The van der Waals surface area contributed by atoms with Crippen LogP contribution in [-0.4, -0.2) is 52.5 Å². The van der Waals surface area contributed by atoms with Crippen molar-refractivity contribution in [1.82, 2.24) is 4.90 Å². The minimum absolute atomic E-state index is 0.0643. The van der Waals surface area contributed by atoms with Crippen molar-refractivity contribution in [2.24, 2.45) is 0 Å². The Labute approximate surface area is 152 Å². The number of nitrogens with zero attached hydrogens (tertiary/aromatic N) is 1. The SMILES string of the molecule is CC(C)(C)OC(=O)N1CCC2(CC1)COc1c2ccc(C(=O)O)c1CO. The number of fused-ring (bicyclic) bond motifs is 2. The van der Waals surface area contributed by atoms with E-state index in [0.717, 1.165) is 5.56 Å². The summed E-state index contributed by atoms with van der Waals surface area (Å²) in [6.07, 6.45) is 1.09. The Balaban J connectivity index is 1.80. The van der Waals surface area contributed by atoms with Crippen LogP contribution >= 0.6 is 0 Å². The third kappa shape index (κ3) is 3.23. The Kier molecular flexibility index (Phi) is 4.60. The van der Waals surface area contributed by atoms with Gasteiger partial charge >= 0.3 is 12.1 Å². The zero-order chi connectivity index (χ0) is 19.1. The van der Waals surface area contributed by atoms with Crippen LogP contribution in [0.1, 0.15) is 55.1 Å². The zero-order valence-corrected chi connectivity index (χ0v) is 15.4. The highest BCUT2D eigenvalue weighted by Gasteiger charge is 2.45. The Morgan fingerprint density at radius 1 is 1.27 bits per heavy atom. The van der Waals surface area contributed by atoms with Crippen LogP contribution in [0.2, 0.25) is 0 Å². The van der Waals surface area contributed by atoms with Crippen molar-refractivity contribution in [1.29, 1.82) is 0 Å². The number of carboxylic acid groups (broad SMARTS) is 1. The summed E-state index contributed by atoms with van der Waals surface area (Å²) in [5.41, 5.74) is 0.527. The second-order valence-electron chi connectivity index (χ2n) is 7.97. The molecule has 2 aliphatic rings. The van der Waals surface area contributed by atoms with Crippen molar-refractivity contribution in [3.05, 3.63) is 28.8 Å². The van der Waals surface area contributed by atoms with E-state index in [4.69, 9.17) is 9.47 Å². The molecule has 7 nitrogen and oxygen atoms in total. The smallest absolute Gasteiger partial charge is 0.410 e. The minimum Gasteiger partial charge on any atom is -0.492 e. The van der Waals surface area contributed by atoms with Crippen LogP contribution < -0.4 is 4.74 Å². The lowest BCUT2D eigenvalue weighted by molar-refractivity contribution is 0.0152. The van der Waals surface area contributed by atoms with Gasteiger partial charge in [0.25, 0.3) is 0 Å². The number of rotatable bonds is 2. The van der Waals surface area contributed by atoms with Gasteiger partial charge in [-0.1, -0.05) is 6.07 Å². The number of aliphatic hydroxyl groups is 1. The van der Waals surface area contributed by atoms with E-state index in [0.29, 0.717) is 43.9 Å². The number of carbonyl (C=O) groups excluding carboxylic acids is 1. The number of hydrogen-bond acceptors (Lipinski definition) is 5. The molecule has 0 unspecified atom stereocenters. The molecule has 0 aliphatic carbocycles. The molecule has 0 aromatic heterocycles. The van der Waals surface area contributed by atoms with Gasteiger partial charge in [-0.05, 0) is 39.7 Å². The van der Waals surface area contributed by atoms with E-state index in [9.17, 15) is 19.8 Å². The normalized spacial score (nSPS) is 18.4. The fourth-order valence-electron chi connectivity index (χ4n) is 3.71. The molecule has 26 heavy (non-hydrogen) atoms. The molecule has 0 bridgehead atoms. The highest BCUT2D eigenvalue weighted by molar-refractivity contribution is 5.90. The first-order valence-electron chi connectivity index (χ1n) is 8.78. The number of amides is 1. The quantitative estimate of drug-likeness (QED) is 0.838. The van der Waals surface area contributed by atoms with E-state index in [-0.39, 0.29) is 23.7 Å². The average Bonchev–Trinajstić information content (AvgIpc) is 2.91. The lowest BCUT2D eigenvalue weighted by atomic mass is 9.74. The molecule has 1 spiro atoms. The van der Waals surface area contributed by atoms with Crippen molar-refractivity contribution < 1.29 is 29.3 Å². The van der Waals surface area contributed by atoms with Crippen LogP contribution in [0, 0.1) is 0 Å². The molecular weight excluding hydrogens is 338 g/mol. The third-order valence-electron chi connectivity index (χ3n) is 5.09. The largest absolute Gasteiger partial charge is 0.492 e. The maximum atomic E-state index is 12.3. The molecule has 142 valence electrons. The predicted octanol–water partition coefficient (Wildman–Crippen LogP) is 2.54. The summed E-state index contributed by atoms with van der Waals surface area (Å²) in [5, 5.41) is 18.9. The minimum atomic E-state index is -1.08. The van der Waals surface area contributed by atoms with Crippen molar-refractivity contribution in [2.45, 2.75) is 51.2 Å². The van der Waals surface area contributed by atoms with Gasteiger partial charge in [-0.25, -0.2) is 9.59 Å². The van der Waals surface area contributed by atoms with E-state index < -0.39 is 11.6 Å². The third-order valence-corrected chi connectivity index (χ3v) is 5.09. The summed E-state index contributed by atoms with van der Waals surface area (Å²) in [6, 6.07) is 3.32. The zero-order valence-electron chi connectivity index (χ0n) is 15.4. The second kappa shape index (κ2) is 6.46. The van der Waals surface area contributed by atoms with Crippen molar-refractivity contribution in [2.75, 3.05) is 19.7 Å². The summed E-state index contributed by atoms with van der Waals surface area (Å²) in [7, 11) is 0. The number of ether oxygens (including phenoxy) is 2. The first-order chi connectivity index (χ1) is 12.2. The summed E-state index contributed by atoms with van der Waals surface area (Å²) >= 11 is 0. The van der Waals surface area contributed by atoms with Gasteiger partial charge in [0.2, 0.25) is 0 Å². The van der Waals surface area contributed by atoms with Gasteiger partial charge in [0, 0.05) is 29.6 Å². The molecule has 0 saturated carbocycles. The highest BCUT2D eigenvalue weighted by atomic mass is 16.6. The Bertz CT molecular complexity index is 728. The average molecular weight is 363 g/mol. The number of carbonyl (C=O) groups is 2. The van der Waals surface area contributed by atoms with Crippen LogP contribution in [0.25, 0.3) is 0 Å². The number of benzene rings is 1. The van der Waals surface area contributed by atoms with E-state index in [1.807, 2.05) is 20.8 Å². The summed E-state index contributed by atoms with van der Waals surface area (Å²) in [4.78, 5) is 25.3. The molecule has 7 heteroatoms. The van der Waals surface area contributed by atoms with E-state index in [2.05, 4.69) is 0 Å². The molecular formula is C19H25NO6. The fraction of sp³-hybridized carbons (Fsp3) is 0.579. The maximum absolute atomic E-state index is 12.3. The summed E-state index contributed by atoms with van der Waals surface area (Å²) in [5.74, 6) is -0.598. The Hall–Kier alpha value is -2.28. The number of carboxylic acids is 1. The van der Waals surface area contributed by atoms with Gasteiger partial charge in [-0.15, -0.1) is 0 Å². The molecule has 2 N–H and O–H groups in total. The number of likely N-dealkylation sites (tertiary alicyclic amines) is 1. The standard InChI is InChI=1S/C19H25NO6/c1-18(2,3)26-17(24)20-8-6-19(7-9-20)11-25-15-13(10-21)12(16(22)23)4-5-14(15)19/h4-5,21H,6-11H2,1-3H3,(H,22,23). The van der Waals surface area contributed by atoms with Crippen LogP contribution in [0.4, 0.5) is 4.79 Å². The van der Waals surface area contributed by atoms with Crippen molar-refractivity contribution >= 4 is 12.1 Å². The van der Waals surface area contributed by atoms with Gasteiger partial charge in [0.05, 0.1) is 18.8 Å². The van der Waals surface area contributed by atoms with Gasteiger partial charge in [-0.3, -0.25) is 0 Å². The molecule has 3 rings (SSSR count). The number of aliphatic hydroxyl groups excluding tert-OH is 1. The van der Waals surface area contributed by atoms with Gasteiger partial charge in [-0.2, -0.15) is 0 Å².